The molecule has 0 atom stereocenters. The molecule has 3 aromatic heterocycles. The Morgan fingerprint density at radius 2 is 1.97 bits per heavy atom. The molecule has 10 heteroatoms. The van der Waals surface area contributed by atoms with Gasteiger partial charge in [-0.15, -0.1) is 0 Å². The SMILES string of the molecule is CCOc1ncc(-c2cc(NC(=O)c3ccnc(C(C)(C)F)c3)cnc2C)nc1N1CCOCC1. The predicted octanol–water partition coefficient (Wildman–Crippen LogP) is 3.93. The minimum absolute atomic E-state index is 0.188. The summed E-state index contributed by atoms with van der Waals surface area (Å²) in [5.41, 5.74) is 1.40. The number of carbonyl (C=O) groups excluding carboxylic acids is 1. The van der Waals surface area contributed by atoms with Gasteiger partial charge < -0.3 is 19.7 Å². The van der Waals surface area contributed by atoms with E-state index in [4.69, 9.17) is 14.5 Å². The number of rotatable bonds is 7. The number of hydrogen-bond acceptors (Lipinski definition) is 8. The first kappa shape index (κ1) is 24.5. The van der Waals surface area contributed by atoms with E-state index in [1.807, 2.05) is 13.8 Å². The highest BCUT2D eigenvalue weighted by Gasteiger charge is 2.23. The molecule has 4 heterocycles. The van der Waals surface area contributed by atoms with Crippen LogP contribution in [0.3, 0.4) is 0 Å². The Hall–Kier alpha value is -3.66. The van der Waals surface area contributed by atoms with Crippen LogP contribution in [0, 0.1) is 6.92 Å². The zero-order valence-corrected chi connectivity index (χ0v) is 20.3. The van der Waals surface area contributed by atoms with E-state index in [2.05, 4.69) is 25.2 Å². The Morgan fingerprint density at radius 1 is 1.20 bits per heavy atom. The summed E-state index contributed by atoms with van der Waals surface area (Å²) >= 11 is 0. The highest BCUT2D eigenvalue weighted by Crippen LogP contribution is 2.30. The van der Waals surface area contributed by atoms with E-state index in [9.17, 15) is 9.18 Å². The van der Waals surface area contributed by atoms with Crippen molar-refractivity contribution in [3.05, 3.63) is 53.7 Å². The molecular formula is C25H29FN6O3. The fraction of sp³-hybridized carbons (Fsp3) is 0.400. The molecule has 9 nitrogen and oxygen atoms in total. The molecule has 0 radical (unpaired) electrons. The van der Waals surface area contributed by atoms with Gasteiger partial charge in [-0.25, -0.2) is 14.4 Å². The fourth-order valence-corrected chi connectivity index (χ4v) is 3.68. The van der Waals surface area contributed by atoms with Gasteiger partial charge in [-0.3, -0.25) is 14.8 Å². The number of nitrogens with one attached hydrogen (secondary N) is 1. The molecule has 3 aromatic rings. The number of anilines is 2. The predicted molar refractivity (Wildman–Crippen MR) is 131 cm³/mol. The van der Waals surface area contributed by atoms with E-state index in [0.29, 0.717) is 61.6 Å². The second-order valence-electron chi connectivity index (χ2n) is 8.63. The highest BCUT2D eigenvalue weighted by atomic mass is 19.1. The van der Waals surface area contributed by atoms with Crippen LogP contribution in [0.2, 0.25) is 0 Å². The maximum absolute atomic E-state index is 14.3. The van der Waals surface area contributed by atoms with Crippen molar-refractivity contribution in [3.8, 4) is 17.1 Å². The molecule has 1 N–H and O–H groups in total. The number of halogens is 1. The van der Waals surface area contributed by atoms with Crippen molar-refractivity contribution in [2.24, 2.45) is 0 Å². The molecule has 1 saturated heterocycles. The average Bonchev–Trinajstić information content (AvgIpc) is 2.86. The smallest absolute Gasteiger partial charge is 0.257 e. The summed E-state index contributed by atoms with van der Waals surface area (Å²) < 4.78 is 25.5. The van der Waals surface area contributed by atoms with E-state index >= 15 is 0 Å². The number of carbonyl (C=O) groups is 1. The number of aryl methyl sites for hydroxylation is 1. The van der Waals surface area contributed by atoms with Crippen LogP contribution in [-0.4, -0.2) is 58.8 Å². The van der Waals surface area contributed by atoms with E-state index in [0.717, 1.165) is 11.3 Å². The number of hydrogen-bond donors (Lipinski definition) is 1. The van der Waals surface area contributed by atoms with Crippen molar-refractivity contribution in [1.29, 1.82) is 0 Å². The summed E-state index contributed by atoms with van der Waals surface area (Å²) in [6.07, 6.45) is 4.64. The van der Waals surface area contributed by atoms with Gasteiger partial charge in [0.05, 0.1) is 49.3 Å². The molecule has 0 aliphatic carbocycles. The Labute approximate surface area is 203 Å². The van der Waals surface area contributed by atoms with Crippen LogP contribution in [0.4, 0.5) is 15.9 Å². The van der Waals surface area contributed by atoms with Crippen LogP contribution >= 0.6 is 0 Å². The number of nitrogens with zero attached hydrogens (tertiary/aromatic N) is 5. The van der Waals surface area contributed by atoms with Crippen molar-refractivity contribution in [1.82, 2.24) is 19.9 Å². The molecule has 35 heavy (non-hydrogen) atoms. The molecule has 0 spiro atoms. The largest absolute Gasteiger partial charge is 0.475 e. The van der Waals surface area contributed by atoms with Crippen LogP contribution in [0.5, 0.6) is 5.88 Å². The first-order valence-electron chi connectivity index (χ1n) is 11.5. The number of pyridine rings is 2. The first-order chi connectivity index (χ1) is 16.8. The molecule has 0 aromatic carbocycles. The number of alkyl halides is 1. The van der Waals surface area contributed by atoms with Crippen LogP contribution in [0.1, 0.15) is 42.5 Å². The second-order valence-corrected chi connectivity index (χ2v) is 8.63. The first-order valence-corrected chi connectivity index (χ1v) is 11.5. The zero-order valence-electron chi connectivity index (χ0n) is 20.3. The molecule has 184 valence electrons. The maximum atomic E-state index is 14.3. The summed E-state index contributed by atoms with van der Waals surface area (Å²) in [5, 5.41) is 2.83. The maximum Gasteiger partial charge on any atom is 0.257 e. The molecular weight excluding hydrogens is 451 g/mol. The Balaban J connectivity index is 1.63. The highest BCUT2D eigenvalue weighted by molar-refractivity contribution is 6.04. The van der Waals surface area contributed by atoms with E-state index in [1.54, 1.807) is 24.5 Å². The van der Waals surface area contributed by atoms with Crippen LogP contribution in [-0.2, 0) is 10.4 Å². The van der Waals surface area contributed by atoms with Crippen LogP contribution < -0.4 is 15.0 Å². The summed E-state index contributed by atoms with van der Waals surface area (Å²) in [6, 6.07) is 4.79. The van der Waals surface area contributed by atoms with Gasteiger partial charge in [0.15, 0.2) is 5.82 Å². The minimum Gasteiger partial charge on any atom is -0.475 e. The van der Waals surface area contributed by atoms with Gasteiger partial charge in [0.25, 0.3) is 11.8 Å². The van der Waals surface area contributed by atoms with Gasteiger partial charge in [-0.2, -0.15) is 0 Å². The van der Waals surface area contributed by atoms with Crippen LogP contribution in [0.25, 0.3) is 11.3 Å². The Bertz CT molecular complexity index is 1210. The normalized spacial score (nSPS) is 14.0. The third-order valence-corrected chi connectivity index (χ3v) is 5.57. The molecule has 1 amide bonds. The van der Waals surface area contributed by atoms with Gasteiger partial charge in [0.1, 0.15) is 5.67 Å². The molecule has 4 rings (SSSR count). The topological polar surface area (TPSA) is 102 Å². The third kappa shape index (κ3) is 5.71. The summed E-state index contributed by atoms with van der Waals surface area (Å²) in [4.78, 5) is 32.8. The Kier molecular flexibility index (Phi) is 7.20. The van der Waals surface area contributed by atoms with E-state index in [1.165, 1.54) is 26.1 Å². The molecule has 0 bridgehead atoms. The fourth-order valence-electron chi connectivity index (χ4n) is 3.68. The second kappa shape index (κ2) is 10.3. The van der Waals surface area contributed by atoms with Crippen LogP contribution in [0.15, 0.2) is 36.8 Å². The van der Waals surface area contributed by atoms with Crippen molar-refractivity contribution in [3.63, 3.8) is 0 Å². The molecule has 0 saturated carbocycles. The minimum atomic E-state index is -1.65. The number of amides is 1. The van der Waals surface area contributed by atoms with Gasteiger partial charge in [0.2, 0.25) is 0 Å². The number of ether oxygens (including phenoxy) is 2. The average molecular weight is 481 g/mol. The molecule has 1 aliphatic rings. The Morgan fingerprint density at radius 3 is 2.69 bits per heavy atom. The van der Waals surface area contributed by atoms with Gasteiger partial charge >= 0.3 is 0 Å². The third-order valence-electron chi connectivity index (χ3n) is 5.57. The summed E-state index contributed by atoms with van der Waals surface area (Å²) in [7, 11) is 0. The molecule has 0 unspecified atom stereocenters. The standard InChI is InChI=1S/C25H29FN6O3/c1-5-35-24-22(32-8-10-34-11-9-32)31-20(15-29-24)19-13-18(14-28-16(19)2)30-23(33)17-6-7-27-21(12-17)25(3,4)26/h6-7,12-15H,5,8-11H2,1-4H3,(H,30,33). The van der Waals surface area contributed by atoms with E-state index in [-0.39, 0.29) is 11.6 Å². The van der Waals surface area contributed by atoms with Gasteiger partial charge in [-0.05, 0) is 45.9 Å². The lowest BCUT2D eigenvalue weighted by Crippen LogP contribution is -2.37. The van der Waals surface area contributed by atoms with Gasteiger partial charge in [0, 0.05) is 36.1 Å². The lowest BCUT2D eigenvalue weighted by atomic mass is 10.0. The summed E-state index contributed by atoms with van der Waals surface area (Å²) in [5.74, 6) is 0.735. The molecule has 1 fully saturated rings. The number of aromatic nitrogens is 4. The molecule has 1 aliphatic heterocycles. The quantitative estimate of drug-likeness (QED) is 0.543. The number of morpholine rings is 1. The van der Waals surface area contributed by atoms with Crippen molar-refractivity contribution >= 4 is 17.4 Å². The van der Waals surface area contributed by atoms with Gasteiger partial charge in [-0.1, -0.05) is 0 Å². The summed E-state index contributed by atoms with van der Waals surface area (Å²) in [6.45, 7) is 9.64. The zero-order chi connectivity index (χ0) is 25.0. The van der Waals surface area contributed by atoms with Crippen molar-refractivity contribution in [2.75, 3.05) is 43.1 Å². The van der Waals surface area contributed by atoms with Crippen molar-refractivity contribution < 1.29 is 18.7 Å². The lowest BCUT2D eigenvalue weighted by molar-refractivity contribution is 0.102. The monoisotopic (exact) mass is 480 g/mol. The lowest BCUT2D eigenvalue weighted by Gasteiger charge is -2.28. The van der Waals surface area contributed by atoms with Crippen molar-refractivity contribution in [2.45, 2.75) is 33.4 Å². The van der Waals surface area contributed by atoms with E-state index < -0.39 is 5.67 Å².